The maximum Gasteiger partial charge on any atom is 0.200 e. The van der Waals surface area contributed by atoms with Gasteiger partial charge in [0.2, 0.25) is 0 Å². The number of tetrazole rings is 1. The van der Waals surface area contributed by atoms with E-state index in [0.29, 0.717) is 11.7 Å². The molecule has 7 heteroatoms. The average Bonchev–Trinajstić information content (AvgIpc) is 2.85. The van der Waals surface area contributed by atoms with E-state index < -0.39 is 0 Å². The largest absolute Gasteiger partial charge is 0.367 e. The molecule has 0 saturated heterocycles. The molecule has 0 aliphatic rings. The zero-order valence-corrected chi connectivity index (χ0v) is 11.0. The number of hydrogen-bond acceptors (Lipinski definition) is 6. The number of likely N-dealkylation sites (N-methyl/N-ethyl adjacent to an activating group) is 1. The van der Waals surface area contributed by atoms with Crippen molar-refractivity contribution in [2.45, 2.75) is 26.8 Å². The van der Waals surface area contributed by atoms with Crippen molar-refractivity contribution in [2.75, 3.05) is 25.0 Å². The number of fused-ring (bicyclic) bond motifs is 1. The molecule has 18 heavy (non-hydrogen) atoms. The third-order valence-electron chi connectivity index (χ3n) is 3.08. The van der Waals surface area contributed by atoms with E-state index in [1.807, 2.05) is 12.1 Å². The highest BCUT2D eigenvalue weighted by molar-refractivity contribution is 5.42. The summed E-state index contributed by atoms with van der Waals surface area (Å²) >= 11 is 0. The van der Waals surface area contributed by atoms with Crippen molar-refractivity contribution in [3.05, 3.63) is 12.1 Å². The molecule has 0 aliphatic carbocycles. The van der Waals surface area contributed by atoms with E-state index in [2.05, 4.69) is 51.6 Å². The van der Waals surface area contributed by atoms with E-state index >= 15 is 0 Å². The zero-order chi connectivity index (χ0) is 13.0. The third kappa shape index (κ3) is 2.73. The second-order valence-electron chi connectivity index (χ2n) is 4.20. The monoisotopic (exact) mass is 249 g/mol. The van der Waals surface area contributed by atoms with Crippen LogP contribution in [0.25, 0.3) is 5.65 Å². The summed E-state index contributed by atoms with van der Waals surface area (Å²) in [6.07, 6.45) is 0. The molecule has 7 nitrogen and oxygen atoms in total. The molecule has 0 radical (unpaired) electrons. The number of aromatic nitrogens is 5. The fraction of sp³-hybridized carbons (Fsp3) is 0.636. The highest BCUT2D eigenvalue weighted by Crippen LogP contribution is 2.05. The number of hydrogen-bond donors (Lipinski definition) is 1. The summed E-state index contributed by atoms with van der Waals surface area (Å²) in [5.74, 6) is 0.786. The van der Waals surface area contributed by atoms with E-state index in [4.69, 9.17) is 0 Å². The van der Waals surface area contributed by atoms with E-state index in [9.17, 15) is 0 Å². The van der Waals surface area contributed by atoms with Gasteiger partial charge in [-0.1, -0.05) is 13.8 Å². The van der Waals surface area contributed by atoms with Crippen molar-refractivity contribution in [3.8, 4) is 0 Å². The lowest BCUT2D eigenvalue weighted by Crippen LogP contribution is -2.37. The first-order valence-corrected chi connectivity index (χ1v) is 6.28. The van der Waals surface area contributed by atoms with Crippen LogP contribution < -0.4 is 5.32 Å². The lowest BCUT2D eigenvalue weighted by atomic mass is 10.3. The molecule has 2 heterocycles. The lowest BCUT2D eigenvalue weighted by Gasteiger charge is -2.26. The molecule has 0 aromatic carbocycles. The first kappa shape index (κ1) is 12.7. The summed E-state index contributed by atoms with van der Waals surface area (Å²) in [5.41, 5.74) is 0.650. The summed E-state index contributed by atoms with van der Waals surface area (Å²) in [6, 6.07) is 4.20. The van der Waals surface area contributed by atoms with Gasteiger partial charge in [-0.25, -0.2) is 0 Å². The first-order chi connectivity index (χ1) is 8.74. The van der Waals surface area contributed by atoms with Crippen LogP contribution in [0.4, 0.5) is 5.82 Å². The topological polar surface area (TPSA) is 71.2 Å². The van der Waals surface area contributed by atoms with E-state index in [1.165, 1.54) is 4.63 Å². The molecule has 0 bridgehead atoms. The summed E-state index contributed by atoms with van der Waals surface area (Å²) in [7, 11) is 0. The highest BCUT2D eigenvalue weighted by atomic mass is 15.6. The van der Waals surface area contributed by atoms with E-state index in [1.54, 1.807) is 0 Å². The lowest BCUT2D eigenvalue weighted by molar-refractivity contribution is 0.240. The van der Waals surface area contributed by atoms with Crippen LogP contribution in [-0.4, -0.2) is 55.8 Å². The Bertz CT molecular complexity index is 491. The molecule has 0 spiro atoms. The molecule has 0 unspecified atom stereocenters. The van der Waals surface area contributed by atoms with Crippen molar-refractivity contribution < 1.29 is 0 Å². The smallest absolute Gasteiger partial charge is 0.200 e. The number of anilines is 1. The van der Waals surface area contributed by atoms with Crippen LogP contribution in [0.15, 0.2) is 12.1 Å². The molecule has 1 N–H and O–H groups in total. The van der Waals surface area contributed by atoms with Crippen LogP contribution in [-0.2, 0) is 0 Å². The van der Waals surface area contributed by atoms with Crippen LogP contribution in [0.3, 0.4) is 0 Å². The standard InChI is InChI=1S/C11H19N7/c1-4-17(5-2)9(3)8-12-10-6-7-11-13-15-16-18(11)14-10/h6-7,9H,4-5,8H2,1-3H3,(H,12,14)/t9-/m1/s1. The van der Waals surface area contributed by atoms with Crippen LogP contribution >= 0.6 is 0 Å². The molecule has 0 amide bonds. The van der Waals surface area contributed by atoms with Gasteiger partial charge in [0, 0.05) is 12.6 Å². The van der Waals surface area contributed by atoms with Gasteiger partial charge in [-0.15, -0.1) is 14.8 Å². The fourth-order valence-corrected chi connectivity index (χ4v) is 1.97. The minimum absolute atomic E-state index is 0.464. The maximum absolute atomic E-state index is 4.27. The van der Waals surface area contributed by atoms with E-state index in [0.717, 1.165) is 25.5 Å². The Morgan fingerprint density at radius 1 is 1.33 bits per heavy atom. The minimum Gasteiger partial charge on any atom is -0.367 e. The molecular weight excluding hydrogens is 230 g/mol. The van der Waals surface area contributed by atoms with Crippen molar-refractivity contribution in [1.82, 2.24) is 30.2 Å². The van der Waals surface area contributed by atoms with Gasteiger partial charge >= 0.3 is 0 Å². The number of rotatable bonds is 6. The Kier molecular flexibility index (Phi) is 4.03. The van der Waals surface area contributed by atoms with Gasteiger partial charge in [0.1, 0.15) is 5.82 Å². The van der Waals surface area contributed by atoms with Crippen molar-refractivity contribution in [2.24, 2.45) is 0 Å². The summed E-state index contributed by atoms with van der Waals surface area (Å²) < 4.78 is 1.42. The third-order valence-corrected chi connectivity index (χ3v) is 3.08. The Morgan fingerprint density at radius 3 is 2.83 bits per heavy atom. The van der Waals surface area contributed by atoms with Crippen LogP contribution in [0.1, 0.15) is 20.8 Å². The van der Waals surface area contributed by atoms with E-state index in [-0.39, 0.29) is 0 Å². The molecule has 0 fully saturated rings. The summed E-state index contributed by atoms with van der Waals surface area (Å²) in [4.78, 5) is 2.39. The van der Waals surface area contributed by atoms with Gasteiger partial charge < -0.3 is 5.32 Å². The Morgan fingerprint density at radius 2 is 2.11 bits per heavy atom. The average molecular weight is 249 g/mol. The highest BCUT2D eigenvalue weighted by Gasteiger charge is 2.10. The molecule has 98 valence electrons. The molecule has 2 aromatic rings. The van der Waals surface area contributed by atoms with Gasteiger partial charge in [-0.2, -0.15) is 0 Å². The Labute approximate surface area is 106 Å². The minimum atomic E-state index is 0.464. The predicted molar refractivity (Wildman–Crippen MR) is 69.4 cm³/mol. The number of nitrogens with one attached hydrogen (secondary N) is 1. The summed E-state index contributed by atoms with van der Waals surface area (Å²) in [5, 5.41) is 18.7. The molecule has 1 atom stereocenters. The molecule has 0 aliphatic heterocycles. The second-order valence-corrected chi connectivity index (χ2v) is 4.20. The number of nitrogens with zero attached hydrogens (tertiary/aromatic N) is 6. The van der Waals surface area contributed by atoms with Crippen molar-refractivity contribution >= 4 is 11.5 Å². The maximum atomic E-state index is 4.27. The van der Waals surface area contributed by atoms with Gasteiger partial charge in [-0.3, -0.25) is 4.90 Å². The zero-order valence-electron chi connectivity index (χ0n) is 11.0. The molecular formula is C11H19N7. The SMILES string of the molecule is CCN(CC)[C@H](C)CNc1ccc2nnnn2n1. The first-order valence-electron chi connectivity index (χ1n) is 6.28. The van der Waals surface area contributed by atoms with Crippen LogP contribution in [0, 0.1) is 0 Å². The summed E-state index contributed by atoms with van der Waals surface area (Å²) in [6.45, 7) is 9.51. The second kappa shape index (κ2) is 5.72. The molecule has 2 rings (SSSR count). The fourth-order valence-electron chi connectivity index (χ4n) is 1.97. The van der Waals surface area contributed by atoms with Crippen molar-refractivity contribution in [3.63, 3.8) is 0 Å². The Balaban J connectivity index is 1.96. The van der Waals surface area contributed by atoms with Crippen LogP contribution in [0.5, 0.6) is 0 Å². The van der Waals surface area contributed by atoms with Gasteiger partial charge in [0.25, 0.3) is 0 Å². The normalized spacial score (nSPS) is 13.1. The van der Waals surface area contributed by atoms with Gasteiger partial charge in [-0.05, 0) is 42.6 Å². The Hall–Kier alpha value is -1.76. The van der Waals surface area contributed by atoms with Gasteiger partial charge in [0.15, 0.2) is 5.65 Å². The molecule has 0 saturated carbocycles. The quantitative estimate of drug-likeness (QED) is 0.811. The molecule has 2 aromatic heterocycles. The van der Waals surface area contributed by atoms with Gasteiger partial charge in [0.05, 0.1) is 0 Å². The van der Waals surface area contributed by atoms with Crippen LogP contribution in [0.2, 0.25) is 0 Å². The van der Waals surface area contributed by atoms with Crippen molar-refractivity contribution in [1.29, 1.82) is 0 Å². The predicted octanol–water partition coefficient (Wildman–Crippen LogP) is 0.661.